The Balaban J connectivity index is 2.06. The molecule has 0 amide bonds. The molecule has 0 unspecified atom stereocenters. The zero-order valence-electron chi connectivity index (χ0n) is 14.3. The molecule has 132 valence electrons. The molecular weight excluding hydrogens is 318 g/mol. The van der Waals surface area contributed by atoms with Gasteiger partial charge in [-0.1, -0.05) is 5.16 Å². The van der Waals surface area contributed by atoms with Crippen LogP contribution in [0, 0.1) is 5.92 Å². The third-order valence-corrected chi connectivity index (χ3v) is 4.21. The van der Waals surface area contributed by atoms with Crippen molar-refractivity contribution in [2.45, 2.75) is 18.7 Å². The van der Waals surface area contributed by atoms with Gasteiger partial charge in [-0.2, -0.15) is 0 Å². The van der Waals surface area contributed by atoms with Gasteiger partial charge in [0.15, 0.2) is 12.4 Å². The number of hydrogen-bond acceptors (Lipinski definition) is 8. The molecule has 1 aromatic carbocycles. The van der Waals surface area contributed by atoms with Crippen molar-refractivity contribution in [2.75, 3.05) is 35.5 Å². The summed E-state index contributed by atoms with van der Waals surface area (Å²) in [6.07, 6.45) is -1.50. The third-order valence-electron chi connectivity index (χ3n) is 4.21. The molecule has 8 nitrogen and oxygen atoms in total. The van der Waals surface area contributed by atoms with Crippen LogP contribution in [0.3, 0.4) is 0 Å². The summed E-state index contributed by atoms with van der Waals surface area (Å²) in [5.74, 6) is 1.47. The fourth-order valence-corrected chi connectivity index (χ4v) is 3.06. The van der Waals surface area contributed by atoms with Crippen molar-refractivity contribution in [3.05, 3.63) is 17.7 Å². The topological polar surface area (TPSA) is 77.0 Å². The van der Waals surface area contributed by atoms with Gasteiger partial charge >= 0.3 is 0 Å². The smallest absolute Gasteiger partial charge is 0.200 e. The molecule has 0 saturated carbocycles. The molecule has 0 spiro atoms. The molecule has 2 aliphatic rings. The average Bonchev–Trinajstić information content (AvgIpc) is 3.20. The third kappa shape index (κ3) is 2.56. The number of fused-ring (bicyclic) bond motifs is 1. The Morgan fingerprint density at radius 3 is 2.00 bits per heavy atom. The summed E-state index contributed by atoms with van der Waals surface area (Å²) in [7, 11) is 7.84. The van der Waals surface area contributed by atoms with E-state index in [1.54, 1.807) is 47.7 Å². The fraction of sp³-hybridized carbons (Fsp3) is 0.562. The Kier molecular flexibility index (Phi) is 4.79. The second kappa shape index (κ2) is 6.84. The average molecular weight is 339 g/mol. The molecule has 1 saturated heterocycles. The van der Waals surface area contributed by atoms with E-state index in [1.807, 2.05) is 0 Å². The number of ether oxygens (including phenoxy) is 6. The maximum atomic E-state index is 5.71. The molecule has 1 fully saturated rings. The van der Waals surface area contributed by atoms with E-state index >= 15 is 0 Å². The number of rotatable bonds is 6. The van der Waals surface area contributed by atoms with Gasteiger partial charge in [0.2, 0.25) is 6.29 Å². The summed E-state index contributed by atoms with van der Waals surface area (Å²) >= 11 is 0. The second-order valence-electron chi connectivity index (χ2n) is 5.32. The van der Waals surface area contributed by atoms with Gasteiger partial charge in [-0.25, -0.2) is 0 Å². The Morgan fingerprint density at radius 1 is 0.875 bits per heavy atom. The predicted molar refractivity (Wildman–Crippen MR) is 83.7 cm³/mol. The predicted octanol–water partition coefficient (Wildman–Crippen LogP) is 1.41. The minimum atomic E-state index is -0.559. The number of hydrogen-bond donors (Lipinski definition) is 0. The van der Waals surface area contributed by atoms with E-state index in [9.17, 15) is 0 Å². The van der Waals surface area contributed by atoms with Crippen LogP contribution in [0.5, 0.6) is 17.2 Å². The first-order chi connectivity index (χ1) is 11.7. The molecule has 0 radical (unpaired) electrons. The van der Waals surface area contributed by atoms with Gasteiger partial charge in [0, 0.05) is 26.4 Å². The lowest BCUT2D eigenvalue weighted by Crippen LogP contribution is -2.32. The molecule has 8 heteroatoms. The van der Waals surface area contributed by atoms with Gasteiger partial charge in [-0.05, 0) is 0 Å². The van der Waals surface area contributed by atoms with E-state index in [0.29, 0.717) is 28.5 Å². The lowest BCUT2D eigenvalue weighted by atomic mass is 9.92. The molecule has 24 heavy (non-hydrogen) atoms. The van der Waals surface area contributed by atoms with Crippen LogP contribution in [-0.2, 0) is 19.0 Å². The van der Waals surface area contributed by atoms with Gasteiger partial charge < -0.3 is 33.3 Å². The zero-order valence-corrected chi connectivity index (χ0v) is 14.3. The van der Waals surface area contributed by atoms with E-state index in [0.717, 1.165) is 0 Å². The van der Waals surface area contributed by atoms with Crippen molar-refractivity contribution in [1.82, 2.24) is 0 Å². The molecule has 0 bridgehead atoms. The quantitative estimate of drug-likeness (QED) is 0.775. The highest BCUT2D eigenvalue weighted by Crippen LogP contribution is 2.43. The van der Waals surface area contributed by atoms with Crippen LogP contribution < -0.4 is 14.2 Å². The van der Waals surface area contributed by atoms with Crippen molar-refractivity contribution in [3.63, 3.8) is 0 Å². The number of methoxy groups -OCH3 is 5. The Bertz CT molecular complexity index is 608. The number of oxime groups is 1. The summed E-state index contributed by atoms with van der Waals surface area (Å²) < 4.78 is 32.7. The summed E-state index contributed by atoms with van der Waals surface area (Å²) in [6.45, 7) is 0. The van der Waals surface area contributed by atoms with Gasteiger partial charge in [-0.3, -0.25) is 0 Å². The highest BCUT2D eigenvalue weighted by Gasteiger charge is 2.54. The molecule has 3 rings (SSSR count). The first-order valence-electron chi connectivity index (χ1n) is 7.43. The van der Waals surface area contributed by atoms with Gasteiger partial charge in [-0.15, -0.1) is 0 Å². The molecular formula is C16H21NO7. The Hall–Kier alpha value is -2.03. The summed E-state index contributed by atoms with van der Waals surface area (Å²) in [5, 5.41) is 4.24. The summed E-state index contributed by atoms with van der Waals surface area (Å²) in [6, 6.07) is 3.53. The van der Waals surface area contributed by atoms with Crippen molar-refractivity contribution in [2.24, 2.45) is 11.1 Å². The van der Waals surface area contributed by atoms with E-state index in [2.05, 4.69) is 5.16 Å². The van der Waals surface area contributed by atoms with E-state index in [4.69, 9.17) is 33.3 Å². The molecule has 0 aliphatic carbocycles. The van der Waals surface area contributed by atoms with Crippen LogP contribution in [0.15, 0.2) is 17.3 Å². The summed E-state index contributed by atoms with van der Waals surface area (Å²) in [4.78, 5) is 5.55. The number of benzene rings is 1. The Labute approximate surface area is 140 Å². The molecule has 0 N–H and O–H groups in total. The van der Waals surface area contributed by atoms with Crippen LogP contribution in [0.2, 0.25) is 0 Å². The second-order valence-corrected chi connectivity index (χ2v) is 5.32. The van der Waals surface area contributed by atoms with Crippen LogP contribution in [0.4, 0.5) is 0 Å². The largest absolute Gasteiger partial charge is 0.496 e. The molecule has 0 aromatic heterocycles. The molecule has 2 heterocycles. The first kappa shape index (κ1) is 16.8. The lowest BCUT2D eigenvalue weighted by Gasteiger charge is -2.19. The maximum absolute atomic E-state index is 5.71. The molecule has 4 atom stereocenters. The van der Waals surface area contributed by atoms with Crippen molar-refractivity contribution >= 4 is 5.71 Å². The standard InChI is InChI=1S/C16H21NO7/c1-18-8-6-9(19-2)11(10(7-8)20-3)13-12-14(24-17-13)16(22-5)23-15(12)21-4/h6-7,12,14-16H,1-5H3/t12-,14+,15-,16+/m1/s1. The van der Waals surface area contributed by atoms with Gasteiger partial charge in [0.1, 0.15) is 28.9 Å². The highest BCUT2D eigenvalue weighted by molar-refractivity contribution is 6.08. The van der Waals surface area contributed by atoms with Crippen LogP contribution in [0.1, 0.15) is 5.56 Å². The molecule has 1 aromatic rings. The fourth-order valence-electron chi connectivity index (χ4n) is 3.06. The molecule has 2 aliphatic heterocycles. The summed E-state index contributed by atoms with van der Waals surface area (Å²) in [5.41, 5.74) is 1.30. The SMILES string of the molecule is COc1cc(OC)c(C2=NO[C@@H]3[C@@H](OC)O[C@@H](OC)[C@H]23)c(OC)c1. The van der Waals surface area contributed by atoms with Crippen molar-refractivity contribution < 1.29 is 33.3 Å². The minimum absolute atomic E-state index is 0.267. The van der Waals surface area contributed by atoms with Crippen LogP contribution >= 0.6 is 0 Å². The van der Waals surface area contributed by atoms with Gasteiger partial charge in [0.25, 0.3) is 0 Å². The zero-order chi connectivity index (χ0) is 17.3. The monoisotopic (exact) mass is 339 g/mol. The first-order valence-corrected chi connectivity index (χ1v) is 7.43. The lowest BCUT2D eigenvalue weighted by molar-refractivity contribution is -0.206. The maximum Gasteiger partial charge on any atom is 0.200 e. The number of nitrogens with zero attached hydrogens (tertiary/aromatic N) is 1. The van der Waals surface area contributed by atoms with E-state index < -0.39 is 18.7 Å². The normalized spacial score (nSPS) is 28.1. The van der Waals surface area contributed by atoms with Crippen LogP contribution in [0.25, 0.3) is 0 Å². The van der Waals surface area contributed by atoms with Crippen molar-refractivity contribution in [3.8, 4) is 17.2 Å². The Morgan fingerprint density at radius 2 is 1.50 bits per heavy atom. The highest BCUT2D eigenvalue weighted by atomic mass is 16.8. The van der Waals surface area contributed by atoms with E-state index in [1.165, 1.54) is 0 Å². The minimum Gasteiger partial charge on any atom is -0.496 e. The van der Waals surface area contributed by atoms with Gasteiger partial charge in [0.05, 0.1) is 26.9 Å². The van der Waals surface area contributed by atoms with E-state index in [-0.39, 0.29) is 5.92 Å². The van der Waals surface area contributed by atoms with Crippen molar-refractivity contribution in [1.29, 1.82) is 0 Å². The van der Waals surface area contributed by atoms with Crippen LogP contribution in [-0.4, -0.2) is 59.9 Å².